The van der Waals surface area contributed by atoms with Gasteiger partial charge in [-0.2, -0.15) is 5.10 Å². The summed E-state index contributed by atoms with van der Waals surface area (Å²) in [6.07, 6.45) is 10.5. The van der Waals surface area contributed by atoms with Crippen LogP contribution in [0.2, 0.25) is 0 Å². The number of esters is 1. The second kappa shape index (κ2) is 11.5. The highest BCUT2D eigenvalue weighted by molar-refractivity contribution is 5.79. The van der Waals surface area contributed by atoms with Crippen molar-refractivity contribution in [2.24, 2.45) is 4.99 Å². The summed E-state index contributed by atoms with van der Waals surface area (Å²) in [6, 6.07) is 1.92. The van der Waals surface area contributed by atoms with Gasteiger partial charge in [0.05, 0.1) is 0 Å². The van der Waals surface area contributed by atoms with Crippen LogP contribution in [-0.2, 0) is 16.1 Å². The first-order chi connectivity index (χ1) is 12.3. The summed E-state index contributed by atoms with van der Waals surface area (Å²) < 4.78 is 7.37. The molecule has 0 bridgehead atoms. The van der Waals surface area contributed by atoms with E-state index in [0.717, 1.165) is 51.3 Å². The molecule has 0 atom stereocenters. The number of hydrogen-bond donors (Lipinski definition) is 2. The minimum Gasteiger partial charge on any atom is -0.462 e. The van der Waals surface area contributed by atoms with Crippen LogP contribution in [-0.4, -0.2) is 47.4 Å². The Balaban J connectivity index is 1.57. The number of hydrogen-bond acceptors (Lipinski definition) is 4. The minimum atomic E-state index is -0.0742. The molecule has 0 radical (unpaired) electrons. The molecule has 1 fully saturated rings. The number of aryl methyl sites for hydroxylation is 1. The van der Waals surface area contributed by atoms with Crippen molar-refractivity contribution in [3.8, 4) is 0 Å². The van der Waals surface area contributed by atoms with Gasteiger partial charge < -0.3 is 15.4 Å². The lowest BCUT2D eigenvalue weighted by molar-refractivity contribution is -0.148. The van der Waals surface area contributed by atoms with Crippen LogP contribution in [0.4, 0.5) is 0 Å². The number of aliphatic imine (C=N–C) groups is 1. The van der Waals surface area contributed by atoms with Crippen LogP contribution in [0.5, 0.6) is 0 Å². The standard InChI is InChI=1S/C18H31N5O2/c1-2-19-18(21-12-6-14-23-15-7-13-22-23)20-11-5-10-17(24)25-16-8-3-4-9-16/h7,13,15-16H,2-6,8-12,14H2,1H3,(H2,19,20,21). The van der Waals surface area contributed by atoms with Crippen LogP contribution >= 0.6 is 0 Å². The molecule has 1 aromatic rings. The van der Waals surface area contributed by atoms with Crippen molar-refractivity contribution in [2.45, 2.75) is 64.5 Å². The summed E-state index contributed by atoms with van der Waals surface area (Å²) in [7, 11) is 0. The molecule has 25 heavy (non-hydrogen) atoms. The average molecular weight is 349 g/mol. The molecular weight excluding hydrogens is 318 g/mol. The topological polar surface area (TPSA) is 80.5 Å². The number of carbonyl (C=O) groups excluding carboxylic acids is 1. The van der Waals surface area contributed by atoms with Gasteiger partial charge in [-0.3, -0.25) is 14.5 Å². The third-order valence-electron chi connectivity index (χ3n) is 4.17. The first-order valence-electron chi connectivity index (χ1n) is 9.47. The average Bonchev–Trinajstić information content (AvgIpc) is 3.29. The molecule has 7 nitrogen and oxygen atoms in total. The Hall–Kier alpha value is -2.05. The first-order valence-corrected chi connectivity index (χ1v) is 9.47. The molecule has 140 valence electrons. The molecule has 0 spiro atoms. The van der Waals surface area contributed by atoms with Crippen LogP contribution in [0.3, 0.4) is 0 Å². The number of guanidine groups is 1. The highest BCUT2D eigenvalue weighted by Crippen LogP contribution is 2.21. The van der Waals surface area contributed by atoms with Crippen LogP contribution in [0, 0.1) is 0 Å². The summed E-state index contributed by atoms with van der Waals surface area (Å²) in [4.78, 5) is 16.3. The first kappa shape index (κ1) is 19.3. The van der Waals surface area contributed by atoms with Gasteiger partial charge in [0.15, 0.2) is 5.96 Å². The van der Waals surface area contributed by atoms with E-state index in [9.17, 15) is 4.79 Å². The van der Waals surface area contributed by atoms with Crippen molar-refractivity contribution in [3.05, 3.63) is 18.5 Å². The van der Waals surface area contributed by atoms with E-state index in [2.05, 4.69) is 20.7 Å². The zero-order valence-corrected chi connectivity index (χ0v) is 15.2. The maximum atomic E-state index is 11.8. The molecule has 0 unspecified atom stereocenters. The monoisotopic (exact) mass is 349 g/mol. The number of nitrogens with one attached hydrogen (secondary N) is 2. The Morgan fingerprint density at radius 3 is 2.88 bits per heavy atom. The Bertz CT molecular complexity index is 510. The number of ether oxygens (including phenoxy) is 1. The van der Waals surface area contributed by atoms with Crippen LogP contribution < -0.4 is 10.6 Å². The van der Waals surface area contributed by atoms with Crippen molar-refractivity contribution in [1.29, 1.82) is 0 Å². The van der Waals surface area contributed by atoms with Crippen molar-refractivity contribution in [3.63, 3.8) is 0 Å². The summed E-state index contributed by atoms with van der Waals surface area (Å²) in [5.41, 5.74) is 0. The normalized spacial score (nSPS) is 15.3. The van der Waals surface area contributed by atoms with Gasteiger partial charge in [0, 0.05) is 45.0 Å². The second-order valence-corrected chi connectivity index (χ2v) is 6.31. The van der Waals surface area contributed by atoms with Crippen molar-refractivity contribution in [2.75, 3.05) is 19.6 Å². The van der Waals surface area contributed by atoms with Crippen molar-refractivity contribution < 1.29 is 9.53 Å². The molecule has 2 rings (SSSR count). The Kier molecular flexibility index (Phi) is 8.86. The number of carbonyl (C=O) groups is 1. The van der Waals surface area contributed by atoms with E-state index in [-0.39, 0.29) is 12.1 Å². The van der Waals surface area contributed by atoms with Crippen LogP contribution in [0.25, 0.3) is 0 Å². The van der Waals surface area contributed by atoms with Gasteiger partial charge >= 0.3 is 5.97 Å². The fraction of sp³-hybridized carbons (Fsp3) is 0.722. The Labute approximate surface area is 150 Å². The summed E-state index contributed by atoms with van der Waals surface area (Å²) in [6.45, 7) is 5.17. The van der Waals surface area contributed by atoms with Gasteiger partial charge in [-0.05, 0) is 51.5 Å². The van der Waals surface area contributed by atoms with Crippen molar-refractivity contribution in [1.82, 2.24) is 20.4 Å². The van der Waals surface area contributed by atoms with Crippen LogP contribution in [0.1, 0.15) is 51.9 Å². The van der Waals surface area contributed by atoms with E-state index in [4.69, 9.17) is 4.74 Å². The zero-order valence-electron chi connectivity index (χ0n) is 15.2. The molecule has 0 aromatic carbocycles. The van der Waals surface area contributed by atoms with Gasteiger partial charge in [0.2, 0.25) is 0 Å². The molecule has 0 saturated heterocycles. The maximum absolute atomic E-state index is 11.8. The SMILES string of the molecule is CCNC(=NCCCn1cccn1)NCCCC(=O)OC1CCCC1. The third kappa shape index (κ3) is 8.05. The lowest BCUT2D eigenvalue weighted by Crippen LogP contribution is -2.38. The molecule has 1 aromatic heterocycles. The van der Waals surface area contributed by atoms with E-state index in [1.807, 2.05) is 23.9 Å². The van der Waals surface area contributed by atoms with E-state index >= 15 is 0 Å². The minimum absolute atomic E-state index is 0.0742. The third-order valence-corrected chi connectivity index (χ3v) is 4.17. The number of nitrogens with zero attached hydrogens (tertiary/aromatic N) is 3. The summed E-state index contributed by atoms with van der Waals surface area (Å²) >= 11 is 0. The second-order valence-electron chi connectivity index (χ2n) is 6.31. The van der Waals surface area contributed by atoms with Gasteiger partial charge in [0.1, 0.15) is 6.10 Å². The molecule has 1 saturated carbocycles. The molecular formula is C18H31N5O2. The largest absolute Gasteiger partial charge is 0.462 e. The fourth-order valence-electron chi connectivity index (χ4n) is 2.89. The van der Waals surface area contributed by atoms with Gasteiger partial charge in [-0.25, -0.2) is 0 Å². The molecule has 7 heteroatoms. The predicted molar refractivity (Wildman–Crippen MR) is 98.4 cm³/mol. The zero-order chi connectivity index (χ0) is 17.7. The molecule has 0 aliphatic heterocycles. The van der Waals surface area contributed by atoms with E-state index in [0.29, 0.717) is 13.0 Å². The van der Waals surface area contributed by atoms with E-state index in [1.165, 1.54) is 12.8 Å². The van der Waals surface area contributed by atoms with Gasteiger partial charge in [-0.1, -0.05) is 0 Å². The quantitative estimate of drug-likeness (QED) is 0.293. The molecule has 1 heterocycles. The van der Waals surface area contributed by atoms with Gasteiger partial charge in [-0.15, -0.1) is 0 Å². The lowest BCUT2D eigenvalue weighted by atomic mass is 10.3. The maximum Gasteiger partial charge on any atom is 0.306 e. The van der Waals surface area contributed by atoms with Crippen LogP contribution in [0.15, 0.2) is 23.5 Å². The molecule has 1 aliphatic rings. The van der Waals surface area contributed by atoms with Crippen molar-refractivity contribution >= 4 is 11.9 Å². The molecule has 1 aliphatic carbocycles. The Morgan fingerprint density at radius 1 is 1.32 bits per heavy atom. The van der Waals surface area contributed by atoms with E-state index < -0.39 is 0 Å². The summed E-state index contributed by atoms with van der Waals surface area (Å²) in [5, 5.41) is 10.7. The predicted octanol–water partition coefficient (Wildman–Crippen LogP) is 2.09. The molecule has 2 N–H and O–H groups in total. The smallest absolute Gasteiger partial charge is 0.306 e. The number of rotatable bonds is 10. The Morgan fingerprint density at radius 2 is 2.16 bits per heavy atom. The fourth-order valence-corrected chi connectivity index (χ4v) is 2.89. The number of aromatic nitrogens is 2. The highest BCUT2D eigenvalue weighted by atomic mass is 16.5. The van der Waals surface area contributed by atoms with Gasteiger partial charge in [0.25, 0.3) is 0 Å². The lowest BCUT2D eigenvalue weighted by Gasteiger charge is -2.13. The highest BCUT2D eigenvalue weighted by Gasteiger charge is 2.18. The summed E-state index contributed by atoms with van der Waals surface area (Å²) in [5.74, 6) is 0.724. The van der Waals surface area contributed by atoms with E-state index in [1.54, 1.807) is 6.20 Å². The molecule has 0 amide bonds.